The molecule has 0 aliphatic rings. The predicted molar refractivity (Wildman–Crippen MR) is 76.7 cm³/mol. The summed E-state index contributed by atoms with van der Waals surface area (Å²) in [6.07, 6.45) is 0. The molecule has 0 saturated carbocycles. The Hall–Kier alpha value is -2.43. The van der Waals surface area contributed by atoms with E-state index in [1.165, 1.54) is 0 Å². The molecule has 0 unspecified atom stereocenters. The summed E-state index contributed by atoms with van der Waals surface area (Å²) >= 11 is 0. The van der Waals surface area contributed by atoms with Gasteiger partial charge in [0.2, 0.25) is 11.7 Å². The molecule has 0 fully saturated rings. The van der Waals surface area contributed by atoms with Gasteiger partial charge >= 0.3 is 0 Å². The molecule has 0 radical (unpaired) electrons. The van der Waals surface area contributed by atoms with Gasteiger partial charge in [-0.15, -0.1) is 0 Å². The van der Waals surface area contributed by atoms with Crippen LogP contribution in [0.1, 0.15) is 31.2 Å². The molecule has 2 heterocycles. The molecule has 2 aromatic heterocycles. The maximum absolute atomic E-state index is 12.2. The molecule has 1 aromatic carbocycles. The van der Waals surface area contributed by atoms with Crippen molar-refractivity contribution in [2.75, 3.05) is 0 Å². The number of nitrogens with zero attached hydrogens (tertiary/aromatic N) is 2. The van der Waals surface area contributed by atoms with Crippen molar-refractivity contribution in [3.05, 3.63) is 46.1 Å². The van der Waals surface area contributed by atoms with Crippen molar-refractivity contribution in [2.45, 2.75) is 26.7 Å². The Balaban J connectivity index is 2.20. The Kier molecular flexibility index (Phi) is 2.89. The third kappa shape index (κ3) is 2.01. The van der Waals surface area contributed by atoms with Crippen LogP contribution >= 0.6 is 0 Å². The zero-order valence-corrected chi connectivity index (χ0v) is 11.6. The van der Waals surface area contributed by atoms with Gasteiger partial charge in [-0.05, 0) is 23.9 Å². The van der Waals surface area contributed by atoms with Gasteiger partial charge in [0.05, 0.1) is 11.1 Å². The molecule has 5 heteroatoms. The minimum absolute atomic E-state index is 0.137. The van der Waals surface area contributed by atoms with Crippen LogP contribution in [-0.4, -0.2) is 15.1 Å². The second-order valence-electron chi connectivity index (χ2n) is 5.16. The highest BCUT2D eigenvalue weighted by atomic mass is 16.5. The quantitative estimate of drug-likeness (QED) is 0.776. The van der Waals surface area contributed by atoms with Crippen LogP contribution in [0.15, 0.2) is 33.6 Å². The molecule has 3 aromatic rings. The fourth-order valence-electron chi connectivity index (χ4n) is 2.13. The van der Waals surface area contributed by atoms with Crippen LogP contribution in [-0.2, 0) is 0 Å². The number of H-pyrrole nitrogens is 1. The number of pyridine rings is 1. The molecular weight excluding hydrogens is 254 g/mol. The first-order valence-corrected chi connectivity index (χ1v) is 6.53. The number of benzene rings is 1. The van der Waals surface area contributed by atoms with Crippen molar-refractivity contribution < 1.29 is 4.52 Å². The fraction of sp³-hybridized carbons (Fsp3) is 0.267. The smallest absolute Gasteiger partial charge is 0.259 e. The van der Waals surface area contributed by atoms with Gasteiger partial charge < -0.3 is 9.51 Å². The third-order valence-electron chi connectivity index (χ3n) is 3.26. The summed E-state index contributed by atoms with van der Waals surface area (Å²) in [7, 11) is 0. The topological polar surface area (TPSA) is 71.8 Å². The van der Waals surface area contributed by atoms with E-state index in [2.05, 4.69) is 15.1 Å². The minimum atomic E-state index is -0.206. The molecular formula is C15H15N3O2. The molecule has 0 saturated heterocycles. The summed E-state index contributed by atoms with van der Waals surface area (Å²) in [5, 5.41) is 4.85. The van der Waals surface area contributed by atoms with Crippen molar-refractivity contribution in [1.29, 1.82) is 0 Å². The molecule has 0 aliphatic carbocycles. The number of hydrogen-bond acceptors (Lipinski definition) is 4. The van der Waals surface area contributed by atoms with E-state index in [-0.39, 0.29) is 11.5 Å². The van der Waals surface area contributed by atoms with Gasteiger partial charge in [-0.3, -0.25) is 4.79 Å². The van der Waals surface area contributed by atoms with Gasteiger partial charge in [0.1, 0.15) is 0 Å². The first-order chi connectivity index (χ1) is 9.56. The summed E-state index contributed by atoms with van der Waals surface area (Å²) in [4.78, 5) is 19.3. The summed E-state index contributed by atoms with van der Waals surface area (Å²) in [5.41, 5.74) is 2.10. The van der Waals surface area contributed by atoms with Gasteiger partial charge in [-0.25, -0.2) is 0 Å². The van der Waals surface area contributed by atoms with Crippen LogP contribution in [0.3, 0.4) is 0 Å². The van der Waals surface area contributed by atoms with E-state index in [1.807, 2.05) is 39.0 Å². The SMILES string of the molecule is Cc1cccc2cc(-c3noc(C(C)C)n3)c(=O)[nH]c12. The van der Waals surface area contributed by atoms with Gasteiger partial charge in [-0.2, -0.15) is 4.98 Å². The molecule has 0 atom stereocenters. The molecule has 20 heavy (non-hydrogen) atoms. The van der Waals surface area contributed by atoms with Gasteiger partial charge in [0.15, 0.2) is 0 Å². The van der Waals surface area contributed by atoms with E-state index in [0.717, 1.165) is 16.5 Å². The zero-order valence-electron chi connectivity index (χ0n) is 11.6. The molecule has 5 nitrogen and oxygen atoms in total. The van der Waals surface area contributed by atoms with E-state index in [4.69, 9.17) is 4.52 Å². The Morgan fingerprint density at radius 2 is 2.10 bits per heavy atom. The van der Waals surface area contributed by atoms with Crippen molar-refractivity contribution in [2.24, 2.45) is 0 Å². The average Bonchev–Trinajstić information content (AvgIpc) is 2.89. The summed E-state index contributed by atoms with van der Waals surface area (Å²) in [5.74, 6) is 1.00. The average molecular weight is 269 g/mol. The number of hydrogen-bond donors (Lipinski definition) is 1. The number of aromatic amines is 1. The Bertz CT molecular complexity index is 830. The lowest BCUT2D eigenvalue weighted by Gasteiger charge is -2.02. The standard InChI is InChI=1S/C15H15N3O2/c1-8(2)15-17-13(18-20-15)11-7-10-6-4-5-9(3)12(10)16-14(11)19/h4-8H,1-3H3,(H,16,19). The lowest BCUT2D eigenvalue weighted by atomic mass is 10.1. The van der Waals surface area contributed by atoms with Gasteiger partial charge in [0, 0.05) is 5.92 Å². The number of aromatic nitrogens is 3. The van der Waals surface area contributed by atoms with Crippen molar-refractivity contribution >= 4 is 10.9 Å². The van der Waals surface area contributed by atoms with Crippen LogP contribution in [0.5, 0.6) is 0 Å². The van der Waals surface area contributed by atoms with Crippen LogP contribution in [0.25, 0.3) is 22.3 Å². The molecule has 0 bridgehead atoms. The summed E-state index contributed by atoms with van der Waals surface area (Å²) < 4.78 is 5.16. The van der Waals surface area contributed by atoms with Crippen LogP contribution in [0.2, 0.25) is 0 Å². The lowest BCUT2D eigenvalue weighted by Crippen LogP contribution is -2.10. The van der Waals surface area contributed by atoms with Crippen LogP contribution in [0, 0.1) is 6.92 Å². The number of nitrogens with one attached hydrogen (secondary N) is 1. The number of rotatable bonds is 2. The van der Waals surface area contributed by atoms with Crippen molar-refractivity contribution in [1.82, 2.24) is 15.1 Å². The highest BCUT2D eigenvalue weighted by molar-refractivity contribution is 5.84. The third-order valence-corrected chi connectivity index (χ3v) is 3.26. The number of para-hydroxylation sites is 1. The fourth-order valence-corrected chi connectivity index (χ4v) is 2.13. The van der Waals surface area contributed by atoms with E-state index < -0.39 is 0 Å². The van der Waals surface area contributed by atoms with Crippen molar-refractivity contribution in [3.8, 4) is 11.4 Å². The number of fused-ring (bicyclic) bond motifs is 1. The number of aryl methyl sites for hydroxylation is 1. The molecule has 102 valence electrons. The summed E-state index contributed by atoms with van der Waals surface area (Å²) in [6.45, 7) is 5.89. The van der Waals surface area contributed by atoms with Crippen LogP contribution in [0.4, 0.5) is 0 Å². The Labute approximate surface area is 115 Å². The minimum Gasteiger partial charge on any atom is -0.339 e. The highest BCUT2D eigenvalue weighted by Crippen LogP contribution is 2.21. The normalized spacial score (nSPS) is 11.4. The Morgan fingerprint density at radius 1 is 1.30 bits per heavy atom. The zero-order chi connectivity index (χ0) is 14.3. The maximum Gasteiger partial charge on any atom is 0.259 e. The Morgan fingerprint density at radius 3 is 2.80 bits per heavy atom. The molecule has 0 spiro atoms. The van der Waals surface area contributed by atoms with E-state index in [1.54, 1.807) is 6.07 Å². The maximum atomic E-state index is 12.2. The molecule has 0 amide bonds. The second-order valence-corrected chi connectivity index (χ2v) is 5.16. The van der Waals surface area contributed by atoms with Crippen LogP contribution < -0.4 is 5.56 Å². The first kappa shape index (κ1) is 12.6. The van der Waals surface area contributed by atoms with Gasteiger partial charge in [0.25, 0.3) is 5.56 Å². The predicted octanol–water partition coefficient (Wildman–Crippen LogP) is 3.01. The van der Waals surface area contributed by atoms with E-state index in [0.29, 0.717) is 17.3 Å². The van der Waals surface area contributed by atoms with Gasteiger partial charge in [-0.1, -0.05) is 37.2 Å². The molecule has 3 rings (SSSR count). The first-order valence-electron chi connectivity index (χ1n) is 6.53. The van der Waals surface area contributed by atoms with E-state index in [9.17, 15) is 4.79 Å². The lowest BCUT2D eigenvalue weighted by molar-refractivity contribution is 0.365. The molecule has 0 aliphatic heterocycles. The molecule has 1 N–H and O–H groups in total. The highest BCUT2D eigenvalue weighted by Gasteiger charge is 2.15. The van der Waals surface area contributed by atoms with Crippen molar-refractivity contribution in [3.63, 3.8) is 0 Å². The second kappa shape index (κ2) is 4.59. The largest absolute Gasteiger partial charge is 0.339 e. The summed E-state index contributed by atoms with van der Waals surface area (Å²) in [6, 6.07) is 7.67. The van der Waals surface area contributed by atoms with E-state index >= 15 is 0 Å². The monoisotopic (exact) mass is 269 g/mol.